The first kappa shape index (κ1) is 18.4. The molecule has 0 atom stereocenters. The van der Waals surface area contributed by atoms with Gasteiger partial charge in [-0.3, -0.25) is 4.68 Å². The summed E-state index contributed by atoms with van der Waals surface area (Å²) in [4.78, 5) is 4.48. The van der Waals surface area contributed by atoms with Crippen molar-refractivity contribution in [2.45, 2.75) is 20.0 Å². The van der Waals surface area contributed by atoms with Gasteiger partial charge in [0.05, 0.1) is 12.7 Å². The van der Waals surface area contributed by atoms with Gasteiger partial charge in [-0.05, 0) is 24.6 Å². The zero-order valence-corrected chi connectivity index (χ0v) is 15.0. The van der Waals surface area contributed by atoms with Gasteiger partial charge in [0.2, 0.25) is 0 Å². The average Bonchev–Trinajstić information content (AvgIpc) is 2.88. The zero-order chi connectivity index (χ0) is 15.1. The van der Waals surface area contributed by atoms with E-state index in [1.165, 1.54) is 12.1 Å². The normalized spacial score (nSPS) is 11.0. The molecule has 0 spiro atoms. The number of rotatable bonds is 5. The second-order valence-corrected chi connectivity index (χ2v) is 4.70. The Morgan fingerprint density at radius 3 is 2.77 bits per heavy atom. The SMILES string of the molecule is CCNC(=NCc1cnn(C)c1)NCc1cccc(F)c1.I. The molecule has 5 nitrogen and oxygen atoms in total. The van der Waals surface area contributed by atoms with E-state index in [9.17, 15) is 4.39 Å². The number of benzene rings is 1. The summed E-state index contributed by atoms with van der Waals surface area (Å²) < 4.78 is 14.9. The smallest absolute Gasteiger partial charge is 0.191 e. The summed E-state index contributed by atoms with van der Waals surface area (Å²) in [5.74, 6) is 0.470. The molecular formula is C15H21FIN5. The Bertz CT molecular complexity index is 611. The predicted octanol–water partition coefficient (Wildman–Crippen LogP) is 2.43. The van der Waals surface area contributed by atoms with Crippen LogP contribution in [0.15, 0.2) is 41.7 Å². The van der Waals surface area contributed by atoms with Crippen molar-refractivity contribution in [1.29, 1.82) is 0 Å². The monoisotopic (exact) mass is 417 g/mol. The van der Waals surface area contributed by atoms with Crippen molar-refractivity contribution >= 4 is 29.9 Å². The van der Waals surface area contributed by atoms with Gasteiger partial charge in [0, 0.05) is 31.9 Å². The second-order valence-electron chi connectivity index (χ2n) is 4.70. The van der Waals surface area contributed by atoms with Gasteiger partial charge in [-0.25, -0.2) is 9.38 Å². The summed E-state index contributed by atoms with van der Waals surface area (Å²) in [5, 5.41) is 10.5. The number of halogens is 2. The number of aryl methyl sites for hydroxylation is 1. The molecule has 0 unspecified atom stereocenters. The third-order valence-electron chi connectivity index (χ3n) is 2.87. The van der Waals surface area contributed by atoms with Crippen molar-refractivity contribution in [2.75, 3.05) is 6.54 Å². The first-order valence-corrected chi connectivity index (χ1v) is 6.91. The van der Waals surface area contributed by atoms with Crippen LogP contribution in [0.4, 0.5) is 4.39 Å². The number of hydrogen-bond acceptors (Lipinski definition) is 2. The molecule has 2 aromatic rings. The van der Waals surface area contributed by atoms with Crippen molar-refractivity contribution in [3.8, 4) is 0 Å². The fourth-order valence-electron chi connectivity index (χ4n) is 1.90. The van der Waals surface area contributed by atoms with E-state index in [0.717, 1.165) is 17.7 Å². The number of guanidine groups is 1. The van der Waals surface area contributed by atoms with E-state index in [1.54, 1.807) is 16.9 Å². The van der Waals surface area contributed by atoms with E-state index in [1.807, 2.05) is 26.2 Å². The summed E-state index contributed by atoms with van der Waals surface area (Å²) in [6.07, 6.45) is 3.72. The molecule has 0 saturated carbocycles. The molecule has 7 heteroatoms. The number of aromatic nitrogens is 2. The summed E-state index contributed by atoms with van der Waals surface area (Å²) in [6.45, 7) is 3.84. The van der Waals surface area contributed by atoms with Gasteiger partial charge in [0.1, 0.15) is 5.82 Å². The summed E-state index contributed by atoms with van der Waals surface area (Å²) >= 11 is 0. The van der Waals surface area contributed by atoms with Crippen molar-refractivity contribution in [2.24, 2.45) is 12.0 Å². The van der Waals surface area contributed by atoms with Crippen LogP contribution < -0.4 is 10.6 Å². The molecule has 1 aromatic carbocycles. The highest BCUT2D eigenvalue weighted by atomic mass is 127. The van der Waals surface area contributed by atoms with Gasteiger partial charge in [0.25, 0.3) is 0 Å². The Morgan fingerprint density at radius 2 is 2.14 bits per heavy atom. The topological polar surface area (TPSA) is 54.2 Å². The highest BCUT2D eigenvalue weighted by Crippen LogP contribution is 2.03. The van der Waals surface area contributed by atoms with Crippen LogP contribution in [-0.2, 0) is 20.1 Å². The van der Waals surface area contributed by atoms with E-state index in [4.69, 9.17) is 0 Å². The van der Waals surface area contributed by atoms with Gasteiger partial charge < -0.3 is 10.6 Å². The third-order valence-corrected chi connectivity index (χ3v) is 2.87. The molecule has 22 heavy (non-hydrogen) atoms. The highest BCUT2D eigenvalue weighted by molar-refractivity contribution is 14.0. The molecule has 1 heterocycles. The molecule has 2 N–H and O–H groups in total. The van der Waals surface area contributed by atoms with Crippen molar-refractivity contribution in [3.63, 3.8) is 0 Å². The van der Waals surface area contributed by atoms with Crippen molar-refractivity contribution < 1.29 is 4.39 Å². The first-order chi connectivity index (χ1) is 10.2. The van der Waals surface area contributed by atoms with Crippen LogP contribution in [0.2, 0.25) is 0 Å². The Morgan fingerprint density at radius 1 is 1.32 bits per heavy atom. The molecule has 0 bridgehead atoms. The molecule has 120 valence electrons. The molecule has 0 aliphatic rings. The maximum absolute atomic E-state index is 13.1. The molecular weight excluding hydrogens is 396 g/mol. The minimum atomic E-state index is -0.230. The van der Waals surface area contributed by atoms with E-state index >= 15 is 0 Å². The van der Waals surface area contributed by atoms with Gasteiger partial charge in [-0.1, -0.05) is 12.1 Å². The van der Waals surface area contributed by atoms with Gasteiger partial charge >= 0.3 is 0 Å². The van der Waals surface area contributed by atoms with Gasteiger partial charge in [-0.15, -0.1) is 24.0 Å². The van der Waals surface area contributed by atoms with Crippen LogP contribution >= 0.6 is 24.0 Å². The Kier molecular flexibility index (Phi) is 7.86. The predicted molar refractivity (Wildman–Crippen MR) is 96.7 cm³/mol. The quantitative estimate of drug-likeness (QED) is 0.447. The van der Waals surface area contributed by atoms with Crippen LogP contribution in [0.25, 0.3) is 0 Å². The first-order valence-electron chi connectivity index (χ1n) is 6.91. The number of aliphatic imine (C=N–C) groups is 1. The molecule has 0 aliphatic carbocycles. The summed E-state index contributed by atoms with van der Waals surface area (Å²) in [5.41, 5.74) is 1.92. The molecule has 0 fully saturated rings. The molecule has 0 saturated heterocycles. The van der Waals surface area contributed by atoms with Crippen molar-refractivity contribution in [3.05, 3.63) is 53.6 Å². The van der Waals surface area contributed by atoms with Crippen LogP contribution in [0.5, 0.6) is 0 Å². The van der Waals surface area contributed by atoms with E-state index in [0.29, 0.717) is 19.0 Å². The van der Waals surface area contributed by atoms with Crippen LogP contribution in [0.3, 0.4) is 0 Å². The highest BCUT2D eigenvalue weighted by Gasteiger charge is 2.00. The third kappa shape index (κ3) is 6.00. The molecule has 1 aromatic heterocycles. The van der Waals surface area contributed by atoms with Crippen LogP contribution in [0, 0.1) is 5.82 Å². The fourth-order valence-corrected chi connectivity index (χ4v) is 1.90. The lowest BCUT2D eigenvalue weighted by atomic mass is 10.2. The van der Waals surface area contributed by atoms with Gasteiger partial charge in [-0.2, -0.15) is 5.10 Å². The molecule has 0 amide bonds. The maximum atomic E-state index is 13.1. The Hall–Kier alpha value is -1.64. The Balaban J connectivity index is 0.00000242. The lowest BCUT2D eigenvalue weighted by Gasteiger charge is -2.11. The zero-order valence-electron chi connectivity index (χ0n) is 12.7. The van der Waals surface area contributed by atoms with Crippen LogP contribution in [-0.4, -0.2) is 22.3 Å². The lowest BCUT2D eigenvalue weighted by Crippen LogP contribution is -2.36. The molecule has 0 radical (unpaired) electrons. The fraction of sp³-hybridized carbons (Fsp3) is 0.333. The molecule has 2 rings (SSSR count). The average molecular weight is 417 g/mol. The van der Waals surface area contributed by atoms with E-state index in [-0.39, 0.29) is 29.8 Å². The van der Waals surface area contributed by atoms with Crippen LogP contribution in [0.1, 0.15) is 18.1 Å². The number of nitrogens with one attached hydrogen (secondary N) is 2. The minimum Gasteiger partial charge on any atom is -0.357 e. The molecule has 0 aliphatic heterocycles. The lowest BCUT2D eigenvalue weighted by molar-refractivity contribution is 0.624. The Labute approximate surface area is 147 Å². The second kappa shape index (κ2) is 9.39. The van der Waals surface area contributed by atoms with Crippen molar-refractivity contribution in [1.82, 2.24) is 20.4 Å². The number of hydrogen-bond donors (Lipinski definition) is 2. The van der Waals surface area contributed by atoms with E-state index in [2.05, 4.69) is 20.7 Å². The number of nitrogens with zero attached hydrogens (tertiary/aromatic N) is 3. The minimum absolute atomic E-state index is 0. The summed E-state index contributed by atoms with van der Waals surface area (Å²) in [6, 6.07) is 6.52. The van der Waals surface area contributed by atoms with Gasteiger partial charge in [0.15, 0.2) is 5.96 Å². The van der Waals surface area contributed by atoms with E-state index < -0.39 is 0 Å². The standard InChI is InChI=1S/C15H20FN5.HI/c1-3-17-15(19-9-13-10-20-21(2)11-13)18-8-12-5-4-6-14(16)7-12;/h4-7,10-11H,3,8-9H2,1-2H3,(H2,17,18,19);1H. The summed E-state index contributed by atoms with van der Waals surface area (Å²) in [7, 11) is 1.88. The largest absolute Gasteiger partial charge is 0.357 e. The maximum Gasteiger partial charge on any atom is 0.191 e.